The zero-order valence-electron chi connectivity index (χ0n) is 15.1. The van der Waals surface area contributed by atoms with Gasteiger partial charge in [-0.15, -0.1) is 0 Å². The third-order valence-corrected chi connectivity index (χ3v) is 5.95. The van der Waals surface area contributed by atoms with E-state index in [4.69, 9.17) is 0 Å². The van der Waals surface area contributed by atoms with Crippen LogP contribution in [0.25, 0.3) is 0 Å². The van der Waals surface area contributed by atoms with Gasteiger partial charge in [0, 0.05) is 23.0 Å². The number of hydrogen-bond donors (Lipinski definition) is 0. The second kappa shape index (κ2) is 7.21. The molecule has 2 fully saturated rings. The van der Waals surface area contributed by atoms with Gasteiger partial charge in [-0.3, -0.25) is 9.69 Å². The molecule has 1 saturated carbocycles. The summed E-state index contributed by atoms with van der Waals surface area (Å²) in [6.45, 7) is 9.46. The van der Waals surface area contributed by atoms with E-state index in [0.717, 1.165) is 24.6 Å². The molecule has 1 aromatic heterocycles. The highest BCUT2D eigenvalue weighted by molar-refractivity contribution is 5.99. The maximum atomic E-state index is 12.8. The number of Topliss-reactive ketones (excluding diaryl/α,β-unsaturated/α-hetero) is 1. The smallest absolute Gasteiger partial charge is 0.178 e. The summed E-state index contributed by atoms with van der Waals surface area (Å²) in [6.07, 6.45) is 8.96. The van der Waals surface area contributed by atoms with Gasteiger partial charge in [0.15, 0.2) is 5.78 Å². The number of ketones is 1. The summed E-state index contributed by atoms with van der Waals surface area (Å²) in [6, 6.07) is 2.74. The van der Waals surface area contributed by atoms with Gasteiger partial charge in [-0.05, 0) is 77.4 Å². The average Bonchev–Trinajstić information content (AvgIpc) is 2.84. The van der Waals surface area contributed by atoms with Gasteiger partial charge in [-0.1, -0.05) is 13.3 Å². The van der Waals surface area contributed by atoms with Crippen LogP contribution in [0, 0.1) is 19.8 Å². The van der Waals surface area contributed by atoms with E-state index in [1.54, 1.807) is 0 Å². The summed E-state index contributed by atoms with van der Waals surface area (Å²) in [5.74, 6) is 1.18. The van der Waals surface area contributed by atoms with Crippen molar-refractivity contribution in [2.45, 2.75) is 71.8 Å². The van der Waals surface area contributed by atoms with Crippen molar-refractivity contribution in [1.82, 2.24) is 9.47 Å². The molecule has 0 bridgehead atoms. The molecule has 23 heavy (non-hydrogen) atoms. The molecule has 1 aliphatic carbocycles. The van der Waals surface area contributed by atoms with Gasteiger partial charge in [-0.25, -0.2) is 0 Å². The van der Waals surface area contributed by atoms with Gasteiger partial charge < -0.3 is 4.57 Å². The van der Waals surface area contributed by atoms with E-state index in [-0.39, 0.29) is 0 Å². The van der Waals surface area contributed by atoms with Crippen LogP contribution in [0.4, 0.5) is 0 Å². The fraction of sp³-hybridized carbons (Fsp3) is 0.750. The fourth-order valence-electron chi connectivity index (χ4n) is 4.53. The van der Waals surface area contributed by atoms with Crippen LogP contribution in [0.5, 0.6) is 0 Å². The van der Waals surface area contributed by atoms with Gasteiger partial charge in [0.25, 0.3) is 0 Å². The highest BCUT2D eigenvalue weighted by atomic mass is 16.1. The van der Waals surface area contributed by atoms with Crippen LogP contribution in [0.2, 0.25) is 0 Å². The van der Waals surface area contributed by atoms with Crippen molar-refractivity contribution < 1.29 is 4.79 Å². The average molecular weight is 316 g/mol. The molecule has 0 N–H and O–H groups in total. The quantitative estimate of drug-likeness (QED) is 0.763. The molecule has 3 heteroatoms. The van der Waals surface area contributed by atoms with Crippen molar-refractivity contribution in [2.24, 2.45) is 5.92 Å². The van der Waals surface area contributed by atoms with E-state index in [0.29, 0.717) is 18.4 Å². The first-order chi connectivity index (χ1) is 11.1. The largest absolute Gasteiger partial charge is 0.345 e. The molecular weight excluding hydrogens is 284 g/mol. The van der Waals surface area contributed by atoms with Crippen LogP contribution in [0.1, 0.15) is 79.7 Å². The molecule has 0 spiro atoms. The van der Waals surface area contributed by atoms with Crippen molar-refractivity contribution in [1.29, 1.82) is 0 Å². The number of likely N-dealkylation sites (tertiary alicyclic amines) is 1. The van der Waals surface area contributed by atoms with Gasteiger partial charge in [0.2, 0.25) is 0 Å². The Bertz CT molecular complexity index is 546. The van der Waals surface area contributed by atoms with E-state index < -0.39 is 0 Å². The van der Waals surface area contributed by atoms with E-state index in [2.05, 4.69) is 36.3 Å². The zero-order chi connectivity index (χ0) is 16.4. The molecular formula is C20H32N2O. The van der Waals surface area contributed by atoms with Crippen LogP contribution in [-0.4, -0.2) is 34.9 Å². The number of carbonyl (C=O) groups excluding carboxylic acids is 1. The third kappa shape index (κ3) is 3.71. The Morgan fingerprint density at radius 2 is 1.74 bits per heavy atom. The summed E-state index contributed by atoms with van der Waals surface area (Å²) in [5, 5.41) is 0. The van der Waals surface area contributed by atoms with E-state index in [1.807, 2.05) is 0 Å². The Morgan fingerprint density at radius 3 is 2.39 bits per heavy atom. The zero-order valence-corrected chi connectivity index (χ0v) is 15.1. The molecule has 0 unspecified atom stereocenters. The summed E-state index contributed by atoms with van der Waals surface area (Å²) in [4.78, 5) is 15.1. The number of piperidine rings is 1. The minimum atomic E-state index is 0.315. The number of hydrogen-bond acceptors (Lipinski definition) is 2. The Kier molecular flexibility index (Phi) is 5.25. The molecule has 2 heterocycles. The van der Waals surface area contributed by atoms with Crippen LogP contribution < -0.4 is 0 Å². The minimum absolute atomic E-state index is 0.315. The maximum Gasteiger partial charge on any atom is 0.178 e. The molecule has 3 nitrogen and oxygen atoms in total. The van der Waals surface area contributed by atoms with Crippen LogP contribution in [0.15, 0.2) is 6.07 Å². The number of carbonyl (C=O) groups is 1. The van der Waals surface area contributed by atoms with Crippen molar-refractivity contribution >= 4 is 5.78 Å². The highest BCUT2D eigenvalue weighted by Crippen LogP contribution is 2.34. The highest BCUT2D eigenvalue weighted by Gasteiger charge is 2.25. The molecule has 3 rings (SSSR count). The number of nitrogens with zero attached hydrogens (tertiary/aromatic N) is 2. The molecule has 1 saturated heterocycles. The normalized spacial score (nSPS) is 26.4. The standard InChI is InChI=1S/C20H32N2O/c1-15-7-9-18(10-8-15)22-16(2)13-19(17(22)3)20(23)14-21-11-5-4-6-12-21/h13,15,18H,4-12,14H2,1-3H3. The summed E-state index contributed by atoms with van der Waals surface area (Å²) in [5.41, 5.74) is 3.43. The fourth-order valence-corrected chi connectivity index (χ4v) is 4.53. The monoisotopic (exact) mass is 316 g/mol. The van der Waals surface area contributed by atoms with E-state index in [9.17, 15) is 4.79 Å². The Balaban J connectivity index is 1.73. The topological polar surface area (TPSA) is 25.2 Å². The van der Waals surface area contributed by atoms with E-state index >= 15 is 0 Å². The number of aryl methyl sites for hydroxylation is 1. The van der Waals surface area contributed by atoms with Gasteiger partial charge >= 0.3 is 0 Å². The second-order valence-electron chi connectivity index (χ2n) is 7.83. The molecule has 0 radical (unpaired) electrons. The van der Waals surface area contributed by atoms with Gasteiger partial charge in [0.1, 0.15) is 0 Å². The second-order valence-corrected chi connectivity index (χ2v) is 7.83. The first-order valence-corrected chi connectivity index (χ1v) is 9.50. The van der Waals surface area contributed by atoms with Crippen LogP contribution in [0.3, 0.4) is 0 Å². The van der Waals surface area contributed by atoms with Crippen molar-refractivity contribution in [2.75, 3.05) is 19.6 Å². The predicted octanol–water partition coefficient (Wildman–Crippen LogP) is 4.52. The lowest BCUT2D eigenvalue weighted by molar-refractivity contribution is 0.0915. The first-order valence-electron chi connectivity index (χ1n) is 9.50. The molecule has 0 aromatic carbocycles. The summed E-state index contributed by atoms with van der Waals surface area (Å²) >= 11 is 0. The summed E-state index contributed by atoms with van der Waals surface area (Å²) in [7, 11) is 0. The van der Waals surface area contributed by atoms with Gasteiger partial charge in [-0.2, -0.15) is 0 Å². The molecule has 1 aromatic rings. The van der Waals surface area contributed by atoms with Crippen molar-refractivity contribution in [3.05, 3.63) is 23.0 Å². The molecule has 0 atom stereocenters. The molecule has 2 aliphatic rings. The lowest BCUT2D eigenvalue weighted by Crippen LogP contribution is -2.34. The lowest BCUT2D eigenvalue weighted by atomic mass is 9.87. The Labute approximate surface area is 141 Å². The summed E-state index contributed by atoms with van der Waals surface area (Å²) < 4.78 is 2.45. The van der Waals surface area contributed by atoms with E-state index in [1.165, 1.54) is 56.3 Å². The molecule has 128 valence electrons. The lowest BCUT2D eigenvalue weighted by Gasteiger charge is -2.30. The predicted molar refractivity (Wildman–Crippen MR) is 95.2 cm³/mol. The van der Waals surface area contributed by atoms with Crippen LogP contribution >= 0.6 is 0 Å². The molecule has 0 amide bonds. The number of aromatic nitrogens is 1. The SMILES string of the molecule is Cc1cc(C(=O)CN2CCCCC2)c(C)n1C1CCC(C)CC1. The van der Waals surface area contributed by atoms with Crippen molar-refractivity contribution in [3.63, 3.8) is 0 Å². The Hall–Kier alpha value is -1.09. The minimum Gasteiger partial charge on any atom is -0.345 e. The first kappa shape index (κ1) is 16.8. The maximum absolute atomic E-state index is 12.8. The Morgan fingerprint density at radius 1 is 1.09 bits per heavy atom. The third-order valence-electron chi connectivity index (χ3n) is 5.95. The van der Waals surface area contributed by atoms with Crippen LogP contribution in [-0.2, 0) is 0 Å². The molecule has 1 aliphatic heterocycles. The number of rotatable bonds is 4. The van der Waals surface area contributed by atoms with Gasteiger partial charge in [0.05, 0.1) is 6.54 Å². The van der Waals surface area contributed by atoms with Crippen molar-refractivity contribution in [3.8, 4) is 0 Å².